The van der Waals surface area contributed by atoms with Crippen LogP contribution in [0, 0.1) is 0 Å². The van der Waals surface area contributed by atoms with Crippen LogP contribution in [0.2, 0.25) is 5.02 Å². The Labute approximate surface area is 98.6 Å². The van der Waals surface area contributed by atoms with Crippen LogP contribution < -0.4 is 5.32 Å². The summed E-state index contributed by atoms with van der Waals surface area (Å²) in [5, 5.41) is 14.6. The van der Waals surface area contributed by atoms with Gasteiger partial charge in [-0.15, -0.1) is 0 Å². The van der Waals surface area contributed by atoms with Crippen molar-refractivity contribution in [1.82, 2.24) is 9.88 Å². The Balaban J connectivity index is 2.44. The van der Waals surface area contributed by atoms with E-state index in [0.29, 0.717) is 5.02 Å². The fourth-order valence-electron chi connectivity index (χ4n) is 2.58. The predicted molar refractivity (Wildman–Crippen MR) is 65.0 cm³/mol. The number of hydrogen-bond acceptors (Lipinski definition) is 2. The zero-order valence-corrected chi connectivity index (χ0v) is 9.80. The maximum atomic E-state index is 9.61. The average Bonchev–Trinajstić information content (AvgIpc) is 2.54. The Morgan fingerprint density at radius 3 is 3.06 bits per heavy atom. The van der Waals surface area contributed by atoms with E-state index in [1.165, 1.54) is 11.3 Å². The minimum Gasteiger partial charge on any atom is -0.508 e. The van der Waals surface area contributed by atoms with Gasteiger partial charge in [-0.2, -0.15) is 0 Å². The number of benzene rings is 1. The largest absolute Gasteiger partial charge is 0.508 e. The maximum Gasteiger partial charge on any atom is 0.117 e. The highest BCUT2D eigenvalue weighted by molar-refractivity contribution is 6.35. The van der Waals surface area contributed by atoms with Gasteiger partial charge in [0.15, 0.2) is 0 Å². The van der Waals surface area contributed by atoms with Gasteiger partial charge < -0.3 is 15.0 Å². The lowest BCUT2D eigenvalue weighted by Crippen LogP contribution is -2.24. The Kier molecular flexibility index (Phi) is 2.13. The van der Waals surface area contributed by atoms with Gasteiger partial charge >= 0.3 is 0 Å². The normalized spacial score (nSPS) is 15.4. The summed E-state index contributed by atoms with van der Waals surface area (Å²) in [6, 6.07) is 3.40. The number of phenols is 1. The van der Waals surface area contributed by atoms with Crippen LogP contribution in [0.1, 0.15) is 11.3 Å². The van der Waals surface area contributed by atoms with Gasteiger partial charge in [-0.3, -0.25) is 0 Å². The third-order valence-electron chi connectivity index (χ3n) is 3.30. The van der Waals surface area contributed by atoms with Crippen molar-refractivity contribution >= 4 is 22.5 Å². The molecule has 0 amide bonds. The minimum atomic E-state index is 0.233. The van der Waals surface area contributed by atoms with E-state index in [9.17, 15) is 5.11 Å². The molecule has 0 saturated carbocycles. The molecular formula is C12H13ClN2O. The van der Waals surface area contributed by atoms with Crippen molar-refractivity contribution in [3.8, 4) is 5.75 Å². The molecule has 1 aliphatic heterocycles. The van der Waals surface area contributed by atoms with Crippen LogP contribution >= 0.6 is 11.6 Å². The molecule has 1 aromatic heterocycles. The van der Waals surface area contributed by atoms with Crippen LogP contribution in [0.3, 0.4) is 0 Å². The molecule has 16 heavy (non-hydrogen) atoms. The third-order valence-corrected chi connectivity index (χ3v) is 3.59. The summed E-state index contributed by atoms with van der Waals surface area (Å²) in [7, 11) is 2.04. The highest BCUT2D eigenvalue weighted by Gasteiger charge is 2.19. The second-order valence-electron chi connectivity index (χ2n) is 4.23. The van der Waals surface area contributed by atoms with E-state index in [4.69, 9.17) is 11.6 Å². The lowest BCUT2D eigenvalue weighted by atomic mass is 10.1. The number of phenolic OH excluding ortho intramolecular Hbond substituents is 1. The van der Waals surface area contributed by atoms with E-state index >= 15 is 0 Å². The van der Waals surface area contributed by atoms with Crippen molar-refractivity contribution in [2.75, 3.05) is 6.54 Å². The Bertz CT molecular complexity index is 574. The molecule has 0 saturated heterocycles. The maximum absolute atomic E-state index is 9.61. The van der Waals surface area contributed by atoms with Crippen LogP contribution in [-0.2, 0) is 20.0 Å². The molecule has 0 unspecified atom stereocenters. The van der Waals surface area contributed by atoms with Gasteiger partial charge in [0.25, 0.3) is 0 Å². The minimum absolute atomic E-state index is 0.233. The van der Waals surface area contributed by atoms with E-state index in [-0.39, 0.29) is 5.75 Å². The molecule has 1 aliphatic rings. The van der Waals surface area contributed by atoms with Crippen molar-refractivity contribution < 1.29 is 5.11 Å². The molecule has 0 radical (unpaired) electrons. The third kappa shape index (κ3) is 1.25. The van der Waals surface area contributed by atoms with Crippen molar-refractivity contribution in [1.29, 1.82) is 0 Å². The van der Waals surface area contributed by atoms with Crippen molar-refractivity contribution in [2.24, 2.45) is 7.05 Å². The van der Waals surface area contributed by atoms with E-state index < -0.39 is 0 Å². The topological polar surface area (TPSA) is 37.2 Å². The van der Waals surface area contributed by atoms with Crippen LogP contribution in [0.4, 0.5) is 0 Å². The standard InChI is InChI=1S/C12H13ClN2O/c1-15-11-2-3-14-6-9(11)8-4-7(16)5-10(13)12(8)15/h4-5,14,16H,2-3,6H2,1H3. The van der Waals surface area contributed by atoms with Crippen LogP contribution in [0.15, 0.2) is 12.1 Å². The van der Waals surface area contributed by atoms with Crippen LogP contribution in [0.5, 0.6) is 5.75 Å². The number of aromatic nitrogens is 1. The quantitative estimate of drug-likeness (QED) is 0.736. The molecule has 4 heteroatoms. The second-order valence-corrected chi connectivity index (χ2v) is 4.64. The molecule has 2 aromatic rings. The highest BCUT2D eigenvalue weighted by atomic mass is 35.5. The first-order valence-corrected chi connectivity index (χ1v) is 5.75. The zero-order chi connectivity index (χ0) is 11.3. The monoisotopic (exact) mass is 236 g/mol. The number of hydrogen-bond donors (Lipinski definition) is 2. The number of nitrogens with one attached hydrogen (secondary N) is 1. The van der Waals surface area contributed by atoms with Gasteiger partial charge in [-0.1, -0.05) is 11.6 Å². The average molecular weight is 237 g/mol. The first kappa shape index (κ1) is 10.00. The second kappa shape index (κ2) is 3.40. The molecule has 2 N–H and O–H groups in total. The molecule has 84 valence electrons. The smallest absolute Gasteiger partial charge is 0.117 e. The summed E-state index contributed by atoms with van der Waals surface area (Å²) >= 11 is 6.19. The number of rotatable bonds is 0. The van der Waals surface area contributed by atoms with E-state index in [2.05, 4.69) is 9.88 Å². The lowest BCUT2D eigenvalue weighted by Gasteiger charge is -2.14. The summed E-state index contributed by atoms with van der Waals surface area (Å²) in [5.41, 5.74) is 3.61. The molecule has 2 heterocycles. The molecule has 0 atom stereocenters. The van der Waals surface area contributed by atoms with Gasteiger partial charge in [0.1, 0.15) is 5.75 Å². The molecule has 0 spiro atoms. The predicted octanol–water partition coefficient (Wildman–Crippen LogP) is 2.18. The highest BCUT2D eigenvalue weighted by Crippen LogP contribution is 2.35. The molecule has 3 rings (SSSR count). The molecule has 0 aliphatic carbocycles. The Hall–Kier alpha value is -1.19. The summed E-state index contributed by atoms with van der Waals surface area (Å²) in [6.07, 6.45) is 1.01. The first-order valence-electron chi connectivity index (χ1n) is 5.38. The molecule has 1 aromatic carbocycles. The van der Waals surface area contributed by atoms with Gasteiger partial charge in [0.05, 0.1) is 10.5 Å². The van der Waals surface area contributed by atoms with E-state index in [0.717, 1.165) is 30.4 Å². The fraction of sp³-hybridized carbons (Fsp3) is 0.333. The van der Waals surface area contributed by atoms with Gasteiger partial charge in [0.2, 0.25) is 0 Å². The summed E-state index contributed by atoms with van der Waals surface area (Å²) in [4.78, 5) is 0. The summed E-state index contributed by atoms with van der Waals surface area (Å²) < 4.78 is 2.15. The van der Waals surface area contributed by atoms with E-state index in [1.54, 1.807) is 12.1 Å². The first-order chi connectivity index (χ1) is 7.68. The zero-order valence-electron chi connectivity index (χ0n) is 9.05. The number of halogens is 1. The van der Waals surface area contributed by atoms with Gasteiger partial charge in [-0.25, -0.2) is 0 Å². The molecule has 0 bridgehead atoms. The molecular weight excluding hydrogens is 224 g/mol. The Morgan fingerprint density at radius 1 is 1.44 bits per heavy atom. The SMILES string of the molecule is Cn1c2c(c3cc(O)cc(Cl)c31)CNCC2. The number of fused-ring (bicyclic) bond motifs is 3. The van der Waals surface area contributed by atoms with Crippen molar-refractivity contribution in [3.63, 3.8) is 0 Å². The lowest BCUT2D eigenvalue weighted by molar-refractivity contribution is 0.476. The number of aryl methyl sites for hydroxylation is 1. The summed E-state index contributed by atoms with van der Waals surface area (Å²) in [5.74, 6) is 0.233. The summed E-state index contributed by atoms with van der Waals surface area (Å²) in [6.45, 7) is 1.85. The van der Waals surface area contributed by atoms with Crippen molar-refractivity contribution in [2.45, 2.75) is 13.0 Å². The fourth-order valence-corrected chi connectivity index (χ4v) is 2.92. The van der Waals surface area contributed by atoms with Crippen LogP contribution in [-0.4, -0.2) is 16.2 Å². The molecule has 0 fully saturated rings. The van der Waals surface area contributed by atoms with Crippen LogP contribution in [0.25, 0.3) is 10.9 Å². The molecule has 3 nitrogen and oxygen atoms in total. The van der Waals surface area contributed by atoms with Crippen molar-refractivity contribution in [3.05, 3.63) is 28.4 Å². The van der Waals surface area contributed by atoms with Gasteiger partial charge in [-0.05, 0) is 11.6 Å². The number of nitrogens with zero attached hydrogens (tertiary/aromatic N) is 1. The van der Waals surface area contributed by atoms with Gasteiger partial charge in [0, 0.05) is 43.7 Å². The Morgan fingerprint density at radius 2 is 2.25 bits per heavy atom. The van der Waals surface area contributed by atoms with E-state index in [1.807, 2.05) is 7.05 Å². The number of aromatic hydroxyl groups is 1.